The van der Waals surface area contributed by atoms with Gasteiger partial charge in [-0.15, -0.1) is 0 Å². The number of hydrogen-bond donors (Lipinski definition) is 1. The first-order valence-corrected chi connectivity index (χ1v) is 10.7. The van der Waals surface area contributed by atoms with Crippen molar-refractivity contribution >= 4 is 11.9 Å². The van der Waals surface area contributed by atoms with Gasteiger partial charge in [0.1, 0.15) is 0 Å². The summed E-state index contributed by atoms with van der Waals surface area (Å²) in [4.78, 5) is 26.1. The number of hydrogen-bond acceptors (Lipinski definition) is 5. The number of amides is 1. The van der Waals surface area contributed by atoms with Gasteiger partial charge in [-0.1, -0.05) is 29.8 Å². The summed E-state index contributed by atoms with van der Waals surface area (Å²) in [5, 5.41) is 14.7. The number of aryl methyl sites for hydroxylation is 1. The van der Waals surface area contributed by atoms with Gasteiger partial charge in [0.05, 0.1) is 18.0 Å². The van der Waals surface area contributed by atoms with E-state index in [2.05, 4.69) is 46.3 Å². The van der Waals surface area contributed by atoms with Crippen molar-refractivity contribution in [2.45, 2.75) is 38.9 Å². The van der Waals surface area contributed by atoms with E-state index in [1.165, 1.54) is 24.0 Å². The predicted octanol–water partition coefficient (Wildman–Crippen LogP) is 3.55. The number of nitrogens with zero attached hydrogens (tertiary/aromatic N) is 4. The first-order chi connectivity index (χ1) is 15.6. The lowest BCUT2D eigenvalue weighted by Gasteiger charge is -2.39. The Morgan fingerprint density at radius 2 is 1.64 bits per heavy atom. The lowest BCUT2D eigenvalue weighted by atomic mass is 9.77. The second-order valence-electron chi connectivity index (χ2n) is 8.67. The van der Waals surface area contributed by atoms with Gasteiger partial charge in [0.15, 0.2) is 0 Å². The molecule has 1 spiro atoms. The summed E-state index contributed by atoms with van der Waals surface area (Å²) in [6.07, 6.45) is 1.55. The van der Waals surface area contributed by atoms with Crippen molar-refractivity contribution in [1.29, 1.82) is 0 Å². The van der Waals surface area contributed by atoms with E-state index in [1.807, 2.05) is 4.90 Å². The average molecular weight is 464 g/mol. The zero-order valence-electron chi connectivity index (χ0n) is 18.4. The molecule has 0 atom stereocenters. The van der Waals surface area contributed by atoms with Crippen LogP contribution in [0, 0.1) is 12.3 Å². The molecule has 33 heavy (non-hydrogen) atoms. The van der Waals surface area contributed by atoms with Gasteiger partial charge in [-0.05, 0) is 56.3 Å². The molecule has 0 radical (unpaired) electrons. The maximum absolute atomic E-state index is 12.7. The Labute approximate surface area is 190 Å². The van der Waals surface area contributed by atoms with Gasteiger partial charge in [0.2, 0.25) is 0 Å². The highest BCUT2D eigenvalue weighted by molar-refractivity contribution is 5.94. The summed E-state index contributed by atoms with van der Waals surface area (Å²) in [5.41, 5.74) is 3.65. The van der Waals surface area contributed by atoms with Crippen LogP contribution in [0.3, 0.4) is 0 Å². The lowest BCUT2D eigenvalue weighted by Crippen LogP contribution is -2.42. The van der Waals surface area contributed by atoms with Gasteiger partial charge in [0, 0.05) is 19.6 Å². The number of piperidine rings is 1. The Hall–Kier alpha value is -3.01. The Kier molecular flexibility index (Phi) is 7.68. The molecule has 1 aromatic carbocycles. The van der Waals surface area contributed by atoms with Crippen LogP contribution in [0.4, 0.5) is 13.2 Å². The Bertz CT molecular complexity index is 944. The fraction of sp³-hybridized carbons (Fsp3) is 0.478. The van der Waals surface area contributed by atoms with Gasteiger partial charge in [-0.2, -0.15) is 23.4 Å². The quantitative estimate of drug-likeness (QED) is 0.748. The highest BCUT2D eigenvalue weighted by Crippen LogP contribution is 2.41. The Balaban J connectivity index is 0.000000383. The summed E-state index contributed by atoms with van der Waals surface area (Å²) < 4.78 is 31.7. The molecule has 2 saturated heterocycles. The van der Waals surface area contributed by atoms with Crippen LogP contribution in [0.5, 0.6) is 0 Å². The number of likely N-dealkylation sites (tertiary alicyclic amines) is 2. The number of carbonyl (C=O) groups excluding carboxylic acids is 1. The third-order valence-electron chi connectivity index (χ3n) is 6.24. The molecule has 2 aliphatic rings. The van der Waals surface area contributed by atoms with Crippen LogP contribution in [0.15, 0.2) is 42.7 Å². The fourth-order valence-corrected chi connectivity index (χ4v) is 4.25. The molecule has 2 fully saturated rings. The van der Waals surface area contributed by atoms with Crippen molar-refractivity contribution in [3.05, 3.63) is 59.4 Å². The van der Waals surface area contributed by atoms with E-state index in [0.717, 1.165) is 39.1 Å². The van der Waals surface area contributed by atoms with Crippen molar-refractivity contribution in [1.82, 2.24) is 20.0 Å². The summed E-state index contributed by atoms with van der Waals surface area (Å²) in [6.45, 7) is 7.14. The van der Waals surface area contributed by atoms with Crippen LogP contribution < -0.4 is 0 Å². The van der Waals surface area contributed by atoms with Crippen LogP contribution in [-0.2, 0) is 11.3 Å². The van der Waals surface area contributed by atoms with Crippen LogP contribution >= 0.6 is 0 Å². The Morgan fingerprint density at radius 1 is 1.03 bits per heavy atom. The number of alkyl halides is 3. The van der Waals surface area contributed by atoms with Gasteiger partial charge < -0.3 is 10.0 Å². The van der Waals surface area contributed by atoms with E-state index in [9.17, 15) is 18.0 Å². The van der Waals surface area contributed by atoms with Gasteiger partial charge in [-0.3, -0.25) is 9.69 Å². The molecule has 1 aromatic heterocycles. The highest BCUT2D eigenvalue weighted by atomic mass is 19.4. The number of aliphatic carboxylic acids is 1. The molecule has 178 valence electrons. The molecule has 0 bridgehead atoms. The van der Waals surface area contributed by atoms with Crippen LogP contribution in [0.2, 0.25) is 0 Å². The second kappa shape index (κ2) is 10.3. The van der Waals surface area contributed by atoms with Gasteiger partial charge in [0.25, 0.3) is 5.91 Å². The van der Waals surface area contributed by atoms with Crippen molar-refractivity contribution in [2.24, 2.45) is 5.41 Å². The molecule has 1 amide bonds. The van der Waals surface area contributed by atoms with E-state index in [4.69, 9.17) is 9.90 Å². The zero-order valence-corrected chi connectivity index (χ0v) is 18.4. The minimum absolute atomic E-state index is 0.0962. The molecule has 0 aliphatic carbocycles. The number of halogens is 3. The minimum atomic E-state index is -5.08. The van der Waals surface area contributed by atoms with Crippen molar-refractivity contribution in [2.75, 3.05) is 26.2 Å². The average Bonchev–Trinajstić information content (AvgIpc) is 3.20. The summed E-state index contributed by atoms with van der Waals surface area (Å²) >= 11 is 0. The molecule has 10 heteroatoms. The third-order valence-corrected chi connectivity index (χ3v) is 6.24. The van der Waals surface area contributed by atoms with Crippen molar-refractivity contribution in [3.8, 4) is 0 Å². The number of aromatic nitrogens is 2. The normalized spacial score (nSPS) is 18.0. The zero-order chi connectivity index (χ0) is 24.1. The number of carboxylic acids is 1. The first kappa shape index (κ1) is 24.6. The molecule has 0 unspecified atom stereocenters. The summed E-state index contributed by atoms with van der Waals surface area (Å²) in [7, 11) is 0. The predicted molar refractivity (Wildman–Crippen MR) is 114 cm³/mol. The standard InChI is InChI=1S/C21H26N4O.C2HF3O2/c1-17-2-4-18(5-3-17)15-24-11-7-21(8-12-24)9-13-25(16-21)20(26)19-6-10-22-23-14-19;3-2(4,5)1(6)7/h2-6,10,14H,7-9,11-13,15-16H2,1H3;(H,6,7). The largest absolute Gasteiger partial charge is 0.490 e. The second-order valence-corrected chi connectivity index (χ2v) is 8.67. The third kappa shape index (κ3) is 6.74. The molecule has 1 N–H and O–H groups in total. The minimum Gasteiger partial charge on any atom is -0.475 e. The van der Waals surface area contributed by atoms with E-state index in [1.54, 1.807) is 18.5 Å². The van der Waals surface area contributed by atoms with Crippen LogP contribution in [0.25, 0.3) is 0 Å². The number of rotatable bonds is 3. The highest BCUT2D eigenvalue weighted by Gasteiger charge is 2.42. The monoisotopic (exact) mass is 464 g/mol. The summed E-state index contributed by atoms with van der Waals surface area (Å²) in [6, 6.07) is 10.6. The maximum Gasteiger partial charge on any atom is 0.490 e. The van der Waals surface area contributed by atoms with E-state index in [-0.39, 0.29) is 5.91 Å². The smallest absolute Gasteiger partial charge is 0.475 e. The number of benzene rings is 1. The van der Waals surface area contributed by atoms with Gasteiger partial charge in [-0.25, -0.2) is 4.79 Å². The first-order valence-electron chi connectivity index (χ1n) is 10.7. The van der Waals surface area contributed by atoms with E-state index >= 15 is 0 Å². The molecule has 0 saturated carbocycles. The van der Waals surface area contributed by atoms with Crippen LogP contribution in [0.1, 0.15) is 40.7 Å². The number of carbonyl (C=O) groups is 2. The van der Waals surface area contributed by atoms with Crippen molar-refractivity contribution < 1.29 is 27.9 Å². The lowest BCUT2D eigenvalue weighted by molar-refractivity contribution is -0.192. The summed E-state index contributed by atoms with van der Waals surface area (Å²) in [5.74, 6) is -2.66. The van der Waals surface area contributed by atoms with Crippen molar-refractivity contribution in [3.63, 3.8) is 0 Å². The fourth-order valence-electron chi connectivity index (χ4n) is 4.25. The van der Waals surface area contributed by atoms with E-state index in [0.29, 0.717) is 11.0 Å². The molecular weight excluding hydrogens is 437 g/mol. The maximum atomic E-state index is 12.7. The molecular formula is C23H27F3N4O3. The topological polar surface area (TPSA) is 86.6 Å². The number of carboxylic acid groups (broad SMARTS) is 1. The molecule has 4 rings (SSSR count). The van der Waals surface area contributed by atoms with Crippen LogP contribution in [-0.4, -0.2) is 69.3 Å². The van der Waals surface area contributed by atoms with Gasteiger partial charge >= 0.3 is 12.1 Å². The molecule has 7 nitrogen and oxygen atoms in total. The Morgan fingerprint density at radius 3 is 2.18 bits per heavy atom. The molecule has 2 aliphatic heterocycles. The molecule has 2 aromatic rings. The molecule has 3 heterocycles. The SMILES string of the molecule is Cc1ccc(CN2CCC3(CC2)CCN(C(=O)c2ccnnc2)C3)cc1.O=C(O)C(F)(F)F. The van der Waals surface area contributed by atoms with E-state index < -0.39 is 12.1 Å².